The maximum Gasteiger partial charge on any atom is 0.417 e. The van der Waals surface area contributed by atoms with E-state index in [1.54, 1.807) is 0 Å². The standard InChI is InChI=1S/C6H9O3/c7-5-9-6-2-1-3-8-4-6/h6H,1-4H2. The molecule has 3 heteroatoms. The topological polar surface area (TPSA) is 35.5 Å². The van der Waals surface area contributed by atoms with Crippen molar-refractivity contribution in [2.24, 2.45) is 0 Å². The van der Waals surface area contributed by atoms with Crippen LogP contribution in [0.15, 0.2) is 0 Å². The van der Waals surface area contributed by atoms with Gasteiger partial charge in [0, 0.05) is 6.61 Å². The second-order valence-electron chi connectivity index (χ2n) is 2.04. The van der Waals surface area contributed by atoms with Crippen LogP contribution in [0.25, 0.3) is 0 Å². The molecule has 1 heterocycles. The summed E-state index contributed by atoms with van der Waals surface area (Å²) in [5.41, 5.74) is 0. The van der Waals surface area contributed by atoms with Crippen LogP contribution in [0.5, 0.6) is 0 Å². The average molecular weight is 129 g/mol. The molecule has 1 rings (SSSR count). The summed E-state index contributed by atoms with van der Waals surface area (Å²) in [6.07, 6.45) is 1.85. The van der Waals surface area contributed by atoms with Crippen molar-refractivity contribution in [3.8, 4) is 0 Å². The Labute approximate surface area is 53.9 Å². The number of rotatable bonds is 2. The molecule has 1 radical (unpaired) electrons. The summed E-state index contributed by atoms with van der Waals surface area (Å²) in [6.45, 7) is 2.73. The van der Waals surface area contributed by atoms with Crippen molar-refractivity contribution in [2.45, 2.75) is 18.9 Å². The van der Waals surface area contributed by atoms with E-state index >= 15 is 0 Å². The fraction of sp³-hybridized carbons (Fsp3) is 0.833. The fourth-order valence-corrected chi connectivity index (χ4v) is 0.872. The summed E-state index contributed by atoms with van der Waals surface area (Å²) in [5, 5.41) is 0. The van der Waals surface area contributed by atoms with Crippen LogP contribution in [0.1, 0.15) is 12.8 Å². The lowest BCUT2D eigenvalue weighted by Gasteiger charge is -2.19. The first-order chi connectivity index (χ1) is 4.43. The summed E-state index contributed by atoms with van der Waals surface area (Å²) in [6, 6.07) is 0. The van der Waals surface area contributed by atoms with E-state index < -0.39 is 0 Å². The normalized spacial score (nSPS) is 27.3. The number of ether oxygens (including phenoxy) is 2. The molecule has 0 N–H and O–H groups in total. The van der Waals surface area contributed by atoms with Crippen molar-refractivity contribution in [1.82, 2.24) is 0 Å². The maximum atomic E-state index is 9.67. The van der Waals surface area contributed by atoms with Crippen molar-refractivity contribution in [1.29, 1.82) is 0 Å². The molecule has 1 aliphatic rings. The van der Waals surface area contributed by atoms with E-state index in [-0.39, 0.29) is 6.10 Å². The van der Waals surface area contributed by atoms with Gasteiger partial charge >= 0.3 is 6.47 Å². The van der Waals surface area contributed by atoms with E-state index in [1.165, 1.54) is 6.47 Å². The average Bonchev–Trinajstić information content (AvgIpc) is 1.91. The molecular weight excluding hydrogens is 120 g/mol. The van der Waals surface area contributed by atoms with E-state index in [1.807, 2.05) is 0 Å². The quantitative estimate of drug-likeness (QED) is 0.536. The van der Waals surface area contributed by atoms with Gasteiger partial charge < -0.3 is 9.47 Å². The van der Waals surface area contributed by atoms with Gasteiger partial charge in [0.25, 0.3) is 0 Å². The van der Waals surface area contributed by atoms with Crippen LogP contribution in [0.2, 0.25) is 0 Å². The minimum atomic E-state index is -0.0451. The van der Waals surface area contributed by atoms with Crippen molar-refractivity contribution in [2.75, 3.05) is 13.2 Å². The highest BCUT2D eigenvalue weighted by Crippen LogP contribution is 2.07. The van der Waals surface area contributed by atoms with E-state index in [0.717, 1.165) is 19.4 Å². The highest BCUT2D eigenvalue weighted by molar-refractivity contribution is 5.38. The summed E-state index contributed by atoms with van der Waals surface area (Å²) in [4.78, 5) is 9.67. The minimum absolute atomic E-state index is 0.0451. The Balaban J connectivity index is 2.15. The molecule has 0 aromatic heterocycles. The van der Waals surface area contributed by atoms with Gasteiger partial charge in [0.2, 0.25) is 0 Å². The smallest absolute Gasteiger partial charge is 0.417 e. The fourth-order valence-electron chi connectivity index (χ4n) is 0.872. The summed E-state index contributed by atoms with van der Waals surface area (Å²) < 4.78 is 9.58. The zero-order valence-electron chi connectivity index (χ0n) is 5.13. The Kier molecular flexibility index (Phi) is 2.51. The van der Waals surface area contributed by atoms with Crippen molar-refractivity contribution >= 4 is 6.47 Å². The molecular formula is C6H9O3. The molecule has 0 spiro atoms. The van der Waals surface area contributed by atoms with Gasteiger partial charge in [-0.3, -0.25) is 0 Å². The molecule has 0 saturated carbocycles. The van der Waals surface area contributed by atoms with Gasteiger partial charge in [-0.1, -0.05) is 0 Å². The van der Waals surface area contributed by atoms with Crippen LogP contribution in [-0.2, 0) is 14.3 Å². The van der Waals surface area contributed by atoms with Crippen LogP contribution >= 0.6 is 0 Å². The van der Waals surface area contributed by atoms with E-state index in [2.05, 4.69) is 4.74 Å². The van der Waals surface area contributed by atoms with Crippen LogP contribution in [0.3, 0.4) is 0 Å². The van der Waals surface area contributed by atoms with Crippen molar-refractivity contribution in [3.63, 3.8) is 0 Å². The van der Waals surface area contributed by atoms with E-state index in [9.17, 15) is 4.79 Å². The third-order valence-corrected chi connectivity index (χ3v) is 1.33. The molecule has 1 unspecified atom stereocenters. The third-order valence-electron chi connectivity index (χ3n) is 1.33. The highest BCUT2D eigenvalue weighted by atomic mass is 16.6. The molecule has 1 atom stereocenters. The first kappa shape index (κ1) is 6.55. The molecule has 1 aliphatic heterocycles. The van der Waals surface area contributed by atoms with E-state index in [4.69, 9.17) is 4.74 Å². The number of hydrogen-bond acceptors (Lipinski definition) is 3. The van der Waals surface area contributed by atoms with E-state index in [0.29, 0.717) is 6.61 Å². The molecule has 0 bridgehead atoms. The zero-order valence-corrected chi connectivity index (χ0v) is 5.13. The minimum Gasteiger partial charge on any atom is -0.452 e. The monoisotopic (exact) mass is 129 g/mol. The SMILES string of the molecule is O=[C]OC1CCCOC1. The number of hydrogen-bond donors (Lipinski definition) is 0. The molecule has 0 aromatic carbocycles. The van der Waals surface area contributed by atoms with Gasteiger partial charge in [0.15, 0.2) is 0 Å². The maximum absolute atomic E-state index is 9.67. The first-order valence-corrected chi connectivity index (χ1v) is 3.04. The molecule has 1 fully saturated rings. The molecule has 0 amide bonds. The Morgan fingerprint density at radius 2 is 2.56 bits per heavy atom. The Hall–Kier alpha value is -0.570. The predicted octanol–water partition coefficient (Wildman–Crippen LogP) is 0.249. The Morgan fingerprint density at radius 3 is 3.11 bits per heavy atom. The lowest BCUT2D eigenvalue weighted by Crippen LogP contribution is -2.24. The van der Waals surface area contributed by atoms with Gasteiger partial charge in [-0.2, -0.15) is 0 Å². The van der Waals surface area contributed by atoms with Gasteiger partial charge in [-0.15, -0.1) is 0 Å². The Morgan fingerprint density at radius 1 is 1.67 bits per heavy atom. The molecule has 1 saturated heterocycles. The second-order valence-corrected chi connectivity index (χ2v) is 2.04. The van der Waals surface area contributed by atoms with Crippen LogP contribution in [-0.4, -0.2) is 25.8 Å². The highest BCUT2D eigenvalue weighted by Gasteiger charge is 2.13. The molecule has 3 nitrogen and oxygen atoms in total. The van der Waals surface area contributed by atoms with Gasteiger partial charge in [-0.05, 0) is 12.8 Å². The summed E-state index contributed by atoms with van der Waals surface area (Å²) >= 11 is 0. The largest absolute Gasteiger partial charge is 0.452 e. The van der Waals surface area contributed by atoms with Crippen molar-refractivity contribution < 1.29 is 14.3 Å². The van der Waals surface area contributed by atoms with Gasteiger partial charge in [0.05, 0.1) is 6.61 Å². The van der Waals surface area contributed by atoms with Crippen LogP contribution in [0.4, 0.5) is 0 Å². The number of carbonyl (C=O) groups excluding carboxylic acids is 1. The molecule has 0 aliphatic carbocycles. The lowest BCUT2D eigenvalue weighted by atomic mass is 10.2. The summed E-state index contributed by atoms with van der Waals surface area (Å²) in [7, 11) is 0. The molecule has 0 aromatic rings. The van der Waals surface area contributed by atoms with Crippen molar-refractivity contribution in [3.05, 3.63) is 0 Å². The lowest BCUT2D eigenvalue weighted by molar-refractivity contribution is 0.000329. The van der Waals surface area contributed by atoms with Crippen LogP contribution < -0.4 is 0 Å². The first-order valence-electron chi connectivity index (χ1n) is 3.04. The molecule has 9 heavy (non-hydrogen) atoms. The van der Waals surface area contributed by atoms with Gasteiger partial charge in [0.1, 0.15) is 6.10 Å². The summed E-state index contributed by atoms with van der Waals surface area (Å²) in [5.74, 6) is 0. The Bertz CT molecular complexity index is 86.3. The predicted molar refractivity (Wildman–Crippen MR) is 30.6 cm³/mol. The third kappa shape index (κ3) is 2.01. The zero-order chi connectivity index (χ0) is 6.53. The van der Waals surface area contributed by atoms with Gasteiger partial charge in [-0.25, -0.2) is 4.79 Å². The van der Waals surface area contributed by atoms with Crippen LogP contribution in [0, 0.1) is 0 Å². The second kappa shape index (κ2) is 3.45. The molecule has 51 valence electrons.